The molecule has 2 nitrogen and oxygen atoms in total. The number of carbonyl (C=O) groups is 1. The number of aryl methyl sites for hydroxylation is 1. The van der Waals surface area contributed by atoms with Crippen molar-refractivity contribution in [2.45, 2.75) is 142 Å². The van der Waals surface area contributed by atoms with Crippen molar-refractivity contribution < 1.29 is 4.79 Å². The maximum absolute atomic E-state index is 12.7. The molecule has 1 saturated carbocycles. The third kappa shape index (κ3) is 6.67. The lowest BCUT2D eigenvalue weighted by atomic mass is 9.49. The van der Waals surface area contributed by atoms with Gasteiger partial charge in [0, 0.05) is 13.0 Å². The van der Waals surface area contributed by atoms with Gasteiger partial charge in [-0.3, -0.25) is 4.79 Å². The van der Waals surface area contributed by atoms with Crippen LogP contribution in [0.25, 0.3) is 0 Å². The molecule has 0 saturated heterocycles. The Kier molecular flexibility index (Phi) is 10.1. The summed E-state index contributed by atoms with van der Waals surface area (Å²) in [6.45, 7) is 12.7. The Morgan fingerprint density at radius 2 is 1.68 bits per heavy atom. The number of hydrogen-bond acceptors (Lipinski definition) is 1. The highest BCUT2D eigenvalue weighted by atomic mass is 16.1. The first-order valence-corrected chi connectivity index (χ1v) is 14.7. The molecule has 2 aliphatic carbocycles. The molecule has 1 N–H and O–H groups in total. The molecule has 2 aliphatic rings. The van der Waals surface area contributed by atoms with E-state index in [1.54, 1.807) is 11.1 Å². The second-order valence-corrected chi connectivity index (χ2v) is 12.4. The van der Waals surface area contributed by atoms with Crippen molar-refractivity contribution >= 4 is 5.91 Å². The summed E-state index contributed by atoms with van der Waals surface area (Å²) in [7, 11) is 0. The van der Waals surface area contributed by atoms with Gasteiger partial charge in [-0.15, -0.1) is 0 Å². The summed E-state index contributed by atoms with van der Waals surface area (Å²) in [4.78, 5) is 12.7. The maximum Gasteiger partial charge on any atom is 0.220 e. The zero-order chi connectivity index (χ0) is 24.6. The van der Waals surface area contributed by atoms with Gasteiger partial charge in [0.25, 0.3) is 0 Å². The van der Waals surface area contributed by atoms with E-state index in [2.05, 4.69) is 58.1 Å². The lowest BCUT2D eigenvalue weighted by molar-refractivity contribution is -0.122. The van der Waals surface area contributed by atoms with Crippen LogP contribution in [0.15, 0.2) is 18.2 Å². The van der Waals surface area contributed by atoms with Gasteiger partial charge in [-0.2, -0.15) is 0 Å². The van der Waals surface area contributed by atoms with Crippen molar-refractivity contribution in [1.82, 2.24) is 5.32 Å². The van der Waals surface area contributed by atoms with E-state index in [1.807, 2.05) is 0 Å². The summed E-state index contributed by atoms with van der Waals surface area (Å²) in [6.07, 6.45) is 18.7. The SMILES string of the molecule is CCCCCCCCCCCC(=O)NC[C@]1(C)CCC[C@]2(C)c3ccc(C(C)C)cc3CCC12. The Labute approximate surface area is 211 Å². The molecule has 192 valence electrons. The monoisotopic (exact) mass is 467 g/mol. The van der Waals surface area contributed by atoms with E-state index in [0.717, 1.165) is 13.0 Å². The molecule has 34 heavy (non-hydrogen) atoms. The fraction of sp³-hybridized carbons (Fsp3) is 0.781. The second kappa shape index (κ2) is 12.6. The average molecular weight is 468 g/mol. The van der Waals surface area contributed by atoms with Crippen LogP contribution in [0.4, 0.5) is 0 Å². The lowest BCUT2D eigenvalue weighted by Crippen LogP contribution is -2.53. The standard InChI is InChI=1S/C32H53NO/c1-6-7-8-9-10-11-12-13-14-16-30(34)33-24-31(4)21-15-22-32(5)28-19-17-26(25(2)3)23-27(28)18-20-29(31)32/h17,19,23,25,29H,6-16,18,20-22,24H2,1-5H3,(H,33,34)/t29?,31-,32+/m0/s1. The van der Waals surface area contributed by atoms with Gasteiger partial charge in [-0.05, 0) is 71.5 Å². The van der Waals surface area contributed by atoms with E-state index >= 15 is 0 Å². The van der Waals surface area contributed by atoms with Crippen LogP contribution in [0.3, 0.4) is 0 Å². The summed E-state index contributed by atoms with van der Waals surface area (Å²) < 4.78 is 0. The van der Waals surface area contributed by atoms with Gasteiger partial charge < -0.3 is 5.32 Å². The highest BCUT2D eigenvalue weighted by Crippen LogP contribution is 2.57. The molecule has 0 spiro atoms. The van der Waals surface area contributed by atoms with E-state index in [-0.39, 0.29) is 16.7 Å². The highest BCUT2D eigenvalue weighted by molar-refractivity contribution is 5.75. The number of nitrogens with one attached hydrogen (secondary N) is 1. The van der Waals surface area contributed by atoms with Gasteiger partial charge in [0.2, 0.25) is 5.91 Å². The number of carbonyl (C=O) groups excluding carboxylic acids is 1. The van der Waals surface area contributed by atoms with Crippen molar-refractivity contribution in [2.75, 3.05) is 6.54 Å². The predicted molar refractivity (Wildman–Crippen MR) is 147 cm³/mol. The van der Waals surface area contributed by atoms with Crippen LogP contribution in [-0.4, -0.2) is 12.5 Å². The topological polar surface area (TPSA) is 29.1 Å². The summed E-state index contributed by atoms with van der Waals surface area (Å²) in [6, 6.07) is 7.31. The molecular formula is C32H53NO. The molecule has 1 amide bonds. The molecular weight excluding hydrogens is 414 g/mol. The van der Waals surface area contributed by atoms with Crippen LogP contribution in [0.2, 0.25) is 0 Å². The van der Waals surface area contributed by atoms with E-state index < -0.39 is 0 Å². The first kappa shape index (κ1) is 27.3. The number of hydrogen-bond donors (Lipinski definition) is 1. The number of amides is 1. The quantitative estimate of drug-likeness (QED) is 0.288. The largest absolute Gasteiger partial charge is 0.356 e. The molecule has 0 aliphatic heterocycles. The molecule has 0 radical (unpaired) electrons. The molecule has 2 heteroatoms. The van der Waals surface area contributed by atoms with E-state index in [1.165, 1.54) is 89.0 Å². The van der Waals surface area contributed by atoms with Crippen molar-refractivity contribution in [3.05, 3.63) is 34.9 Å². The summed E-state index contributed by atoms with van der Waals surface area (Å²) in [5, 5.41) is 3.38. The minimum atomic E-state index is 0.204. The second-order valence-electron chi connectivity index (χ2n) is 12.4. The zero-order valence-electron chi connectivity index (χ0n) is 23.1. The van der Waals surface area contributed by atoms with Crippen LogP contribution >= 0.6 is 0 Å². The summed E-state index contributed by atoms with van der Waals surface area (Å²) in [5.41, 5.74) is 5.11. The number of benzene rings is 1. The molecule has 1 aromatic rings. The molecule has 1 unspecified atom stereocenters. The Bertz CT molecular complexity index is 783. The number of fused-ring (bicyclic) bond motifs is 3. The van der Waals surface area contributed by atoms with Crippen LogP contribution in [0.1, 0.15) is 147 Å². The van der Waals surface area contributed by atoms with Gasteiger partial charge >= 0.3 is 0 Å². The lowest BCUT2D eigenvalue weighted by Gasteiger charge is -2.55. The first-order valence-electron chi connectivity index (χ1n) is 14.7. The van der Waals surface area contributed by atoms with Crippen LogP contribution in [0.5, 0.6) is 0 Å². The minimum absolute atomic E-state index is 0.204. The zero-order valence-corrected chi connectivity index (χ0v) is 23.1. The van der Waals surface area contributed by atoms with E-state index in [0.29, 0.717) is 18.3 Å². The fourth-order valence-electron chi connectivity index (χ4n) is 7.20. The van der Waals surface area contributed by atoms with Crippen LogP contribution < -0.4 is 5.32 Å². The van der Waals surface area contributed by atoms with Crippen molar-refractivity contribution in [2.24, 2.45) is 11.3 Å². The van der Waals surface area contributed by atoms with Gasteiger partial charge in [-0.1, -0.05) is 111 Å². The van der Waals surface area contributed by atoms with Crippen LogP contribution in [0, 0.1) is 11.3 Å². The minimum Gasteiger partial charge on any atom is -0.356 e. The highest BCUT2D eigenvalue weighted by Gasteiger charge is 2.51. The summed E-state index contributed by atoms with van der Waals surface area (Å²) >= 11 is 0. The molecule has 0 bridgehead atoms. The maximum atomic E-state index is 12.7. The van der Waals surface area contributed by atoms with Gasteiger partial charge in [0.05, 0.1) is 0 Å². The van der Waals surface area contributed by atoms with Gasteiger partial charge in [-0.25, -0.2) is 0 Å². The van der Waals surface area contributed by atoms with Crippen molar-refractivity contribution in [1.29, 1.82) is 0 Å². The fourth-order valence-corrected chi connectivity index (χ4v) is 7.20. The molecule has 0 aromatic heterocycles. The van der Waals surface area contributed by atoms with Crippen molar-refractivity contribution in [3.63, 3.8) is 0 Å². The first-order chi connectivity index (χ1) is 16.3. The molecule has 1 fully saturated rings. The predicted octanol–water partition coefficient (Wildman–Crippen LogP) is 8.86. The third-order valence-corrected chi connectivity index (χ3v) is 9.36. The number of rotatable bonds is 13. The van der Waals surface area contributed by atoms with Gasteiger partial charge in [0.15, 0.2) is 0 Å². The Morgan fingerprint density at radius 3 is 2.35 bits per heavy atom. The molecule has 1 aromatic carbocycles. The molecule has 0 heterocycles. The van der Waals surface area contributed by atoms with Crippen LogP contribution in [-0.2, 0) is 16.6 Å². The van der Waals surface area contributed by atoms with Crippen molar-refractivity contribution in [3.8, 4) is 0 Å². The molecule has 3 rings (SSSR count). The van der Waals surface area contributed by atoms with E-state index in [9.17, 15) is 4.79 Å². The average Bonchev–Trinajstić information content (AvgIpc) is 2.81. The van der Waals surface area contributed by atoms with Gasteiger partial charge in [0.1, 0.15) is 0 Å². The Balaban J connectivity index is 1.47. The smallest absolute Gasteiger partial charge is 0.220 e. The number of unbranched alkanes of at least 4 members (excludes halogenated alkanes) is 8. The van der Waals surface area contributed by atoms with E-state index in [4.69, 9.17) is 0 Å². The Hall–Kier alpha value is -1.31. The summed E-state index contributed by atoms with van der Waals surface area (Å²) in [5.74, 6) is 1.52. The third-order valence-electron chi connectivity index (χ3n) is 9.36. The molecule has 3 atom stereocenters. The Morgan fingerprint density at radius 1 is 1.00 bits per heavy atom. The normalized spacial score (nSPS) is 26.2.